The fourth-order valence-electron chi connectivity index (χ4n) is 0.752. The van der Waals surface area contributed by atoms with Crippen molar-refractivity contribution in [2.45, 2.75) is 32.0 Å². The predicted molar refractivity (Wildman–Crippen MR) is 46.5 cm³/mol. The Morgan fingerprint density at radius 1 is 1.20 bits per heavy atom. The van der Waals surface area contributed by atoms with E-state index in [1.165, 1.54) is 6.92 Å². The van der Waals surface area contributed by atoms with Crippen LogP contribution in [0, 0.1) is 0 Å². The Labute approximate surface area is 85.3 Å². The van der Waals surface area contributed by atoms with Crippen LogP contribution in [-0.4, -0.2) is 44.9 Å². The maximum atomic E-state index is 10.7. The zero-order valence-electron chi connectivity index (χ0n) is 8.26. The van der Waals surface area contributed by atoms with E-state index in [9.17, 15) is 14.4 Å². The fourth-order valence-corrected chi connectivity index (χ4v) is 0.752. The van der Waals surface area contributed by atoms with Crippen molar-refractivity contribution in [3.8, 4) is 0 Å². The van der Waals surface area contributed by atoms with Gasteiger partial charge in [0.2, 0.25) is 0 Å². The SMILES string of the molecule is CCC(C)(OC(C(=O)O)C(=O)O)C(=O)O. The molecule has 0 radical (unpaired) electrons. The minimum absolute atomic E-state index is 0.0423. The number of hydrogen-bond acceptors (Lipinski definition) is 4. The molecular weight excluding hydrogens is 208 g/mol. The van der Waals surface area contributed by atoms with Crippen LogP contribution in [0.25, 0.3) is 0 Å². The first kappa shape index (κ1) is 13.4. The lowest BCUT2D eigenvalue weighted by molar-refractivity contribution is -0.188. The first-order valence-electron chi connectivity index (χ1n) is 4.11. The summed E-state index contributed by atoms with van der Waals surface area (Å²) in [6, 6.07) is 0. The van der Waals surface area contributed by atoms with Gasteiger partial charge in [0.25, 0.3) is 6.10 Å². The van der Waals surface area contributed by atoms with Gasteiger partial charge in [0.05, 0.1) is 0 Å². The van der Waals surface area contributed by atoms with E-state index < -0.39 is 29.6 Å². The quantitative estimate of drug-likeness (QED) is 0.529. The minimum Gasteiger partial charge on any atom is -0.479 e. The molecule has 0 aliphatic carbocycles. The Kier molecular flexibility index (Phi) is 4.22. The Morgan fingerprint density at radius 2 is 1.60 bits per heavy atom. The standard InChI is InChI=1S/C8H12O7/c1-3-8(2,7(13)14)15-4(5(9)10)6(11)12/h4H,3H2,1-2H3,(H,9,10)(H,11,12)(H,13,14). The maximum Gasteiger partial charge on any atom is 0.344 e. The van der Waals surface area contributed by atoms with Gasteiger partial charge in [-0.3, -0.25) is 0 Å². The van der Waals surface area contributed by atoms with E-state index in [4.69, 9.17) is 15.3 Å². The van der Waals surface area contributed by atoms with E-state index in [1.807, 2.05) is 0 Å². The summed E-state index contributed by atoms with van der Waals surface area (Å²) in [4.78, 5) is 31.6. The molecule has 0 saturated carbocycles. The van der Waals surface area contributed by atoms with E-state index in [-0.39, 0.29) is 6.42 Å². The Morgan fingerprint density at radius 3 is 1.80 bits per heavy atom. The van der Waals surface area contributed by atoms with Crippen molar-refractivity contribution in [1.82, 2.24) is 0 Å². The van der Waals surface area contributed by atoms with Crippen molar-refractivity contribution >= 4 is 17.9 Å². The highest BCUT2D eigenvalue weighted by atomic mass is 16.6. The van der Waals surface area contributed by atoms with Gasteiger partial charge in [-0.25, -0.2) is 14.4 Å². The molecule has 7 heteroatoms. The molecule has 0 amide bonds. The molecule has 0 aromatic carbocycles. The zero-order valence-corrected chi connectivity index (χ0v) is 8.26. The predicted octanol–water partition coefficient (Wildman–Crippen LogP) is -0.206. The molecule has 0 aliphatic rings. The molecule has 3 N–H and O–H groups in total. The third kappa shape index (κ3) is 3.21. The lowest BCUT2D eigenvalue weighted by atomic mass is 10.0. The van der Waals surface area contributed by atoms with Crippen LogP contribution in [0.1, 0.15) is 20.3 Å². The van der Waals surface area contributed by atoms with Gasteiger partial charge in [0.15, 0.2) is 5.60 Å². The van der Waals surface area contributed by atoms with Crippen LogP contribution in [0.2, 0.25) is 0 Å². The highest BCUT2D eigenvalue weighted by Crippen LogP contribution is 2.18. The Hall–Kier alpha value is -1.63. The summed E-state index contributed by atoms with van der Waals surface area (Å²) in [5, 5.41) is 25.7. The van der Waals surface area contributed by atoms with E-state index >= 15 is 0 Å². The number of carboxylic acids is 3. The molecule has 1 atom stereocenters. The van der Waals surface area contributed by atoms with Gasteiger partial charge >= 0.3 is 17.9 Å². The molecule has 0 aromatic heterocycles. The van der Waals surface area contributed by atoms with Crippen LogP contribution < -0.4 is 0 Å². The molecule has 0 heterocycles. The van der Waals surface area contributed by atoms with Gasteiger partial charge in [-0.15, -0.1) is 0 Å². The van der Waals surface area contributed by atoms with E-state index in [1.54, 1.807) is 0 Å². The molecule has 1 unspecified atom stereocenters. The van der Waals surface area contributed by atoms with Crippen molar-refractivity contribution in [2.24, 2.45) is 0 Å². The van der Waals surface area contributed by atoms with Crippen LogP contribution >= 0.6 is 0 Å². The average molecular weight is 220 g/mol. The van der Waals surface area contributed by atoms with Gasteiger partial charge in [-0.1, -0.05) is 6.92 Å². The first-order valence-corrected chi connectivity index (χ1v) is 4.11. The van der Waals surface area contributed by atoms with E-state index in [2.05, 4.69) is 4.74 Å². The molecule has 15 heavy (non-hydrogen) atoms. The fraction of sp³-hybridized carbons (Fsp3) is 0.625. The van der Waals surface area contributed by atoms with E-state index in [0.717, 1.165) is 6.92 Å². The van der Waals surface area contributed by atoms with Gasteiger partial charge < -0.3 is 20.1 Å². The molecule has 0 aromatic rings. The normalized spacial score (nSPS) is 14.6. The number of hydrogen-bond donors (Lipinski definition) is 3. The number of ether oxygens (including phenoxy) is 1. The van der Waals surface area contributed by atoms with E-state index in [0.29, 0.717) is 0 Å². The first-order chi connectivity index (χ1) is 6.74. The van der Waals surface area contributed by atoms with Crippen molar-refractivity contribution < 1.29 is 34.4 Å². The van der Waals surface area contributed by atoms with Crippen molar-refractivity contribution in [3.05, 3.63) is 0 Å². The van der Waals surface area contributed by atoms with Crippen LogP contribution in [-0.2, 0) is 19.1 Å². The topological polar surface area (TPSA) is 121 Å². The molecule has 86 valence electrons. The molecule has 7 nitrogen and oxygen atoms in total. The summed E-state index contributed by atoms with van der Waals surface area (Å²) in [5.74, 6) is -4.87. The largest absolute Gasteiger partial charge is 0.479 e. The lowest BCUT2D eigenvalue weighted by Gasteiger charge is -2.25. The second-order valence-corrected chi connectivity index (χ2v) is 3.06. The molecule has 0 spiro atoms. The number of carboxylic acid groups (broad SMARTS) is 3. The minimum atomic E-state index is -2.17. The van der Waals surface area contributed by atoms with Crippen molar-refractivity contribution in [3.63, 3.8) is 0 Å². The molecular formula is C8H12O7. The Balaban J connectivity index is 4.86. The number of aliphatic carboxylic acids is 3. The van der Waals surface area contributed by atoms with Crippen LogP contribution in [0.4, 0.5) is 0 Å². The summed E-state index contributed by atoms with van der Waals surface area (Å²) in [7, 11) is 0. The molecule has 0 saturated heterocycles. The Bertz CT molecular complexity index is 271. The second kappa shape index (κ2) is 4.74. The van der Waals surface area contributed by atoms with Gasteiger partial charge in [0.1, 0.15) is 0 Å². The lowest BCUT2D eigenvalue weighted by Crippen LogP contribution is -2.46. The summed E-state index contributed by atoms with van der Waals surface area (Å²) >= 11 is 0. The highest BCUT2D eigenvalue weighted by molar-refractivity contribution is 5.96. The number of carbonyl (C=O) groups is 3. The highest BCUT2D eigenvalue weighted by Gasteiger charge is 2.40. The maximum absolute atomic E-state index is 10.7. The summed E-state index contributed by atoms with van der Waals surface area (Å²) in [5.41, 5.74) is -1.82. The van der Waals surface area contributed by atoms with Crippen molar-refractivity contribution in [1.29, 1.82) is 0 Å². The van der Waals surface area contributed by atoms with Gasteiger partial charge in [-0.2, -0.15) is 0 Å². The smallest absolute Gasteiger partial charge is 0.344 e. The summed E-state index contributed by atoms with van der Waals surface area (Å²) in [6.07, 6.45) is -2.22. The zero-order chi connectivity index (χ0) is 12.2. The molecule has 0 rings (SSSR count). The third-order valence-corrected chi connectivity index (χ3v) is 1.95. The third-order valence-electron chi connectivity index (χ3n) is 1.95. The van der Waals surface area contributed by atoms with Crippen molar-refractivity contribution in [2.75, 3.05) is 0 Å². The number of rotatable bonds is 6. The molecule has 0 bridgehead atoms. The van der Waals surface area contributed by atoms with Crippen LogP contribution in [0.15, 0.2) is 0 Å². The second-order valence-electron chi connectivity index (χ2n) is 3.06. The summed E-state index contributed by atoms with van der Waals surface area (Å²) in [6.45, 7) is 2.57. The van der Waals surface area contributed by atoms with Gasteiger partial charge in [-0.05, 0) is 13.3 Å². The van der Waals surface area contributed by atoms with Crippen LogP contribution in [0.5, 0.6) is 0 Å². The average Bonchev–Trinajstić information content (AvgIpc) is 2.12. The van der Waals surface area contributed by atoms with Gasteiger partial charge in [0, 0.05) is 0 Å². The van der Waals surface area contributed by atoms with Crippen LogP contribution in [0.3, 0.4) is 0 Å². The monoisotopic (exact) mass is 220 g/mol. The molecule has 0 aliphatic heterocycles. The summed E-state index contributed by atoms with van der Waals surface area (Å²) < 4.78 is 4.57. The molecule has 0 fully saturated rings.